The number of aliphatic carboxylic acids is 1. The first kappa shape index (κ1) is 13.2. The van der Waals surface area contributed by atoms with Gasteiger partial charge in [0.15, 0.2) is 0 Å². The van der Waals surface area contributed by atoms with Crippen molar-refractivity contribution < 1.29 is 14.7 Å². The van der Waals surface area contributed by atoms with Crippen LogP contribution in [0.4, 0.5) is 0 Å². The van der Waals surface area contributed by atoms with E-state index in [0.717, 1.165) is 12.8 Å². The lowest BCUT2D eigenvalue weighted by Crippen LogP contribution is -2.44. The number of amides is 1. The number of carboxylic acids is 1. The van der Waals surface area contributed by atoms with Crippen LogP contribution < -0.4 is 5.32 Å². The molecule has 0 aliphatic carbocycles. The van der Waals surface area contributed by atoms with E-state index in [0.29, 0.717) is 36.1 Å². The second kappa shape index (κ2) is 5.32. The number of nitrogens with one attached hydrogen (secondary N) is 1. The highest BCUT2D eigenvalue weighted by molar-refractivity contribution is 7.99. The minimum atomic E-state index is -0.872. The van der Waals surface area contributed by atoms with Crippen LogP contribution in [0.2, 0.25) is 0 Å². The van der Waals surface area contributed by atoms with Gasteiger partial charge in [-0.15, -0.1) is 11.8 Å². The summed E-state index contributed by atoms with van der Waals surface area (Å²) >= 11 is 1.53. The summed E-state index contributed by atoms with van der Waals surface area (Å²) in [6.07, 6.45) is 5.13. The predicted octanol–water partition coefficient (Wildman–Crippen LogP) is 0.893. The number of hydrogen-bond acceptors (Lipinski definition) is 4. The lowest BCUT2D eigenvalue weighted by atomic mass is 9.89. The quantitative estimate of drug-likeness (QED) is 0.805. The highest BCUT2D eigenvalue weighted by Crippen LogP contribution is 2.33. The summed E-state index contributed by atoms with van der Waals surface area (Å²) in [7, 11) is 0. The van der Waals surface area contributed by atoms with Crippen molar-refractivity contribution in [2.75, 3.05) is 11.6 Å². The summed E-state index contributed by atoms with van der Waals surface area (Å²) < 4.78 is 0. The van der Waals surface area contributed by atoms with E-state index < -0.39 is 12.0 Å². The van der Waals surface area contributed by atoms with Gasteiger partial charge in [0.25, 0.3) is 0 Å². The molecule has 0 radical (unpaired) electrons. The molecule has 1 amide bonds. The maximum absolute atomic E-state index is 12.3. The summed E-state index contributed by atoms with van der Waals surface area (Å²) in [5.74, 6) is 0.658. The molecule has 2 bridgehead atoms. The van der Waals surface area contributed by atoms with Gasteiger partial charge in [0.1, 0.15) is 6.04 Å². The Bertz CT molecular complexity index is 378. The van der Waals surface area contributed by atoms with Gasteiger partial charge >= 0.3 is 5.97 Å². The van der Waals surface area contributed by atoms with E-state index in [-0.39, 0.29) is 5.91 Å². The number of fused-ring (bicyclic) bond motifs is 2. The Kier molecular flexibility index (Phi) is 3.71. The van der Waals surface area contributed by atoms with E-state index in [4.69, 9.17) is 5.11 Å². The molecule has 3 heterocycles. The van der Waals surface area contributed by atoms with Crippen molar-refractivity contribution >= 4 is 23.6 Å². The van der Waals surface area contributed by atoms with Crippen LogP contribution >= 0.6 is 11.8 Å². The summed E-state index contributed by atoms with van der Waals surface area (Å²) in [5, 5.41) is 12.7. The van der Waals surface area contributed by atoms with E-state index in [2.05, 4.69) is 5.32 Å². The van der Waals surface area contributed by atoms with E-state index in [1.807, 2.05) is 0 Å². The fourth-order valence-corrected chi connectivity index (χ4v) is 4.77. The normalized spacial score (nSPS) is 37.6. The van der Waals surface area contributed by atoms with Crippen LogP contribution in [0.25, 0.3) is 0 Å². The van der Waals surface area contributed by atoms with Crippen molar-refractivity contribution in [1.29, 1.82) is 0 Å². The van der Waals surface area contributed by atoms with Crippen LogP contribution in [0.1, 0.15) is 32.1 Å². The molecule has 106 valence electrons. The van der Waals surface area contributed by atoms with Gasteiger partial charge in [-0.2, -0.15) is 0 Å². The van der Waals surface area contributed by atoms with Gasteiger partial charge in [-0.05, 0) is 31.6 Å². The Labute approximate surface area is 117 Å². The van der Waals surface area contributed by atoms with Gasteiger partial charge in [-0.1, -0.05) is 0 Å². The van der Waals surface area contributed by atoms with E-state index in [1.165, 1.54) is 24.6 Å². The summed E-state index contributed by atoms with van der Waals surface area (Å²) in [6.45, 7) is 0. The number of piperidine rings is 1. The molecule has 0 spiro atoms. The minimum absolute atomic E-state index is 0.0312. The average Bonchev–Trinajstić information content (AvgIpc) is 2.96. The van der Waals surface area contributed by atoms with Crippen LogP contribution in [0.3, 0.4) is 0 Å². The van der Waals surface area contributed by atoms with Crippen molar-refractivity contribution in [3.63, 3.8) is 0 Å². The van der Waals surface area contributed by atoms with Gasteiger partial charge in [0, 0.05) is 24.3 Å². The topological polar surface area (TPSA) is 69.6 Å². The molecule has 3 aliphatic rings. The number of nitrogens with zero attached hydrogens (tertiary/aromatic N) is 1. The number of hydrogen-bond donors (Lipinski definition) is 2. The van der Waals surface area contributed by atoms with Crippen molar-refractivity contribution in [2.45, 2.75) is 50.2 Å². The fourth-order valence-electron chi connectivity index (χ4n) is 3.60. The molecule has 0 aromatic heterocycles. The lowest BCUT2D eigenvalue weighted by molar-refractivity contribution is -0.148. The minimum Gasteiger partial charge on any atom is -0.480 e. The number of carbonyl (C=O) groups is 2. The predicted molar refractivity (Wildman–Crippen MR) is 72.9 cm³/mol. The van der Waals surface area contributed by atoms with Gasteiger partial charge in [0.2, 0.25) is 5.91 Å². The molecule has 19 heavy (non-hydrogen) atoms. The lowest BCUT2D eigenvalue weighted by Gasteiger charge is -2.30. The van der Waals surface area contributed by atoms with Crippen molar-refractivity contribution in [2.24, 2.45) is 5.92 Å². The molecule has 6 heteroatoms. The van der Waals surface area contributed by atoms with Crippen LogP contribution in [0.15, 0.2) is 0 Å². The second-order valence-corrected chi connectivity index (χ2v) is 6.90. The summed E-state index contributed by atoms with van der Waals surface area (Å²) in [6, 6.07) is 0.551. The monoisotopic (exact) mass is 284 g/mol. The first-order chi connectivity index (χ1) is 9.13. The standard InChI is InChI=1S/C13H20N2O3S/c16-12(15-7-19-6-11(15)13(17)18)5-8-3-9-1-2-10(4-8)14-9/h8-11,14H,1-7H2,(H,17,18). The van der Waals surface area contributed by atoms with E-state index >= 15 is 0 Å². The van der Waals surface area contributed by atoms with Gasteiger partial charge in [0.05, 0.1) is 5.88 Å². The van der Waals surface area contributed by atoms with E-state index in [9.17, 15) is 9.59 Å². The Balaban J connectivity index is 1.57. The molecular formula is C13H20N2O3S. The fraction of sp³-hybridized carbons (Fsp3) is 0.846. The molecule has 3 unspecified atom stereocenters. The highest BCUT2D eigenvalue weighted by Gasteiger charge is 2.38. The third-order valence-electron chi connectivity index (χ3n) is 4.52. The molecule has 3 rings (SSSR count). The smallest absolute Gasteiger partial charge is 0.327 e. The van der Waals surface area contributed by atoms with E-state index in [1.54, 1.807) is 4.90 Å². The Morgan fingerprint density at radius 1 is 1.26 bits per heavy atom. The molecule has 5 nitrogen and oxygen atoms in total. The maximum atomic E-state index is 12.3. The van der Waals surface area contributed by atoms with Crippen molar-refractivity contribution in [3.8, 4) is 0 Å². The first-order valence-corrected chi connectivity index (χ1v) is 8.15. The zero-order chi connectivity index (χ0) is 13.4. The van der Waals surface area contributed by atoms with Gasteiger partial charge in [-0.3, -0.25) is 4.79 Å². The second-order valence-electron chi connectivity index (χ2n) is 5.90. The molecule has 0 aromatic carbocycles. The average molecular weight is 284 g/mol. The van der Waals surface area contributed by atoms with Crippen molar-refractivity contribution in [1.82, 2.24) is 10.2 Å². The van der Waals surface area contributed by atoms with Crippen LogP contribution in [-0.2, 0) is 9.59 Å². The number of carbonyl (C=O) groups excluding carboxylic acids is 1. The zero-order valence-corrected chi connectivity index (χ0v) is 11.7. The molecule has 3 fully saturated rings. The molecular weight excluding hydrogens is 264 g/mol. The Morgan fingerprint density at radius 3 is 2.58 bits per heavy atom. The maximum Gasteiger partial charge on any atom is 0.327 e. The molecule has 3 aliphatic heterocycles. The third-order valence-corrected chi connectivity index (χ3v) is 5.53. The van der Waals surface area contributed by atoms with Crippen LogP contribution in [0, 0.1) is 5.92 Å². The first-order valence-electron chi connectivity index (χ1n) is 6.99. The zero-order valence-electron chi connectivity index (χ0n) is 10.9. The van der Waals surface area contributed by atoms with Crippen LogP contribution in [-0.4, -0.2) is 51.6 Å². The summed E-state index contributed by atoms with van der Waals surface area (Å²) in [5.41, 5.74) is 0. The number of carboxylic acid groups (broad SMARTS) is 1. The van der Waals surface area contributed by atoms with Crippen LogP contribution in [0.5, 0.6) is 0 Å². The Morgan fingerprint density at radius 2 is 1.95 bits per heavy atom. The SMILES string of the molecule is O=C(O)C1CSCN1C(=O)CC1CC2CCC(C1)N2. The van der Waals surface area contributed by atoms with Gasteiger partial charge < -0.3 is 15.3 Å². The third kappa shape index (κ3) is 2.74. The van der Waals surface area contributed by atoms with Gasteiger partial charge in [-0.25, -0.2) is 4.79 Å². The Hall–Kier alpha value is -0.750. The highest BCUT2D eigenvalue weighted by atomic mass is 32.2. The molecule has 2 N–H and O–H groups in total. The molecule has 0 aromatic rings. The molecule has 3 atom stereocenters. The van der Waals surface area contributed by atoms with Crippen molar-refractivity contribution in [3.05, 3.63) is 0 Å². The largest absolute Gasteiger partial charge is 0.480 e. The molecule has 0 saturated carbocycles. The molecule has 3 saturated heterocycles. The summed E-state index contributed by atoms with van der Waals surface area (Å²) in [4.78, 5) is 24.9. The number of thioether (sulfide) groups is 1. The number of rotatable bonds is 3.